The van der Waals surface area contributed by atoms with E-state index >= 15 is 4.39 Å². The van der Waals surface area contributed by atoms with Crippen molar-refractivity contribution in [3.05, 3.63) is 41.6 Å². The van der Waals surface area contributed by atoms with E-state index in [9.17, 15) is 15.0 Å². The highest BCUT2D eigenvalue weighted by Gasteiger charge is 2.37. The van der Waals surface area contributed by atoms with Gasteiger partial charge in [0.1, 0.15) is 5.82 Å². The molecule has 0 spiro atoms. The molecule has 1 unspecified atom stereocenters. The third-order valence-electron chi connectivity index (χ3n) is 6.77. The van der Waals surface area contributed by atoms with Gasteiger partial charge in [-0.15, -0.1) is 0 Å². The summed E-state index contributed by atoms with van der Waals surface area (Å²) in [4.78, 5) is 21.9. The van der Waals surface area contributed by atoms with Crippen LogP contribution in [0.15, 0.2) is 24.5 Å². The number of rotatable bonds is 3. The highest BCUT2D eigenvalue weighted by atomic mass is 19.1. The summed E-state index contributed by atoms with van der Waals surface area (Å²) in [5.41, 5.74) is 9.85. The van der Waals surface area contributed by atoms with Crippen LogP contribution < -0.4 is 16.0 Å². The monoisotopic (exact) mass is 451 g/mol. The molecule has 1 amide bonds. The molecule has 1 aliphatic heterocycles. The number of anilines is 3. The zero-order valence-corrected chi connectivity index (χ0v) is 18.5. The Morgan fingerprint density at radius 3 is 2.70 bits per heavy atom. The molecule has 1 aromatic carbocycles. The van der Waals surface area contributed by atoms with Gasteiger partial charge in [-0.3, -0.25) is 9.88 Å². The van der Waals surface area contributed by atoms with Gasteiger partial charge >= 0.3 is 6.09 Å². The van der Waals surface area contributed by atoms with E-state index in [2.05, 4.69) is 22.2 Å². The molecule has 1 fully saturated rings. The Hall–Kier alpha value is -3.46. The first-order valence-corrected chi connectivity index (χ1v) is 11.0. The van der Waals surface area contributed by atoms with Crippen molar-refractivity contribution >= 4 is 34.1 Å². The number of nitrogen functional groups attached to an aromatic ring is 1. The molecular weight excluding hydrogens is 425 g/mol. The smallest absolute Gasteiger partial charge is 0.413 e. The lowest BCUT2D eigenvalue weighted by atomic mass is 9.88. The van der Waals surface area contributed by atoms with Crippen molar-refractivity contribution in [3.8, 4) is 11.1 Å². The second-order valence-corrected chi connectivity index (χ2v) is 9.16. The summed E-state index contributed by atoms with van der Waals surface area (Å²) in [7, 11) is 0. The van der Waals surface area contributed by atoms with Crippen LogP contribution in [0.4, 0.5) is 26.4 Å². The Labute approximate surface area is 190 Å². The molecule has 5 rings (SSSR count). The summed E-state index contributed by atoms with van der Waals surface area (Å²) >= 11 is 0. The fraction of sp³-hybridized carbons (Fsp3) is 0.375. The first-order chi connectivity index (χ1) is 15.7. The predicted molar refractivity (Wildman–Crippen MR) is 125 cm³/mol. The molecule has 0 saturated heterocycles. The van der Waals surface area contributed by atoms with Gasteiger partial charge in [0.2, 0.25) is 0 Å². The maximum absolute atomic E-state index is 15.4. The molecule has 2 aliphatic rings. The van der Waals surface area contributed by atoms with Crippen LogP contribution in [0.5, 0.6) is 0 Å². The fourth-order valence-electron chi connectivity index (χ4n) is 4.82. The van der Waals surface area contributed by atoms with Crippen LogP contribution in [-0.4, -0.2) is 45.0 Å². The van der Waals surface area contributed by atoms with Crippen LogP contribution >= 0.6 is 0 Å². The number of hydrogen-bond donors (Lipinski definition) is 4. The lowest BCUT2D eigenvalue weighted by molar-refractivity contribution is 0.0725. The van der Waals surface area contributed by atoms with Gasteiger partial charge in [-0.05, 0) is 55.2 Å². The summed E-state index contributed by atoms with van der Waals surface area (Å²) in [6.07, 6.45) is 3.00. The summed E-state index contributed by atoms with van der Waals surface area (Å²) < 4.78 is 15.4. The molecule has 8 nitrogen and oxygen atoms in total. The van der Waals surface area contributed by atoms with Crippen molar-refractivity contribution in [1.82, 2.24) is 9.97 Å². The maximum atomic E-state index is 15.4. The Bertz CT molecular complexity index is 1270. The second-order valence-electron chi connectivity index (χ2n) is 9.16. The first kappa shape index (κ1) is 21.4. The fourth-order valence-corrected chi connectivity index (χ4v) is 4.82. The largest absolute Gasteiger partial charge is 0.465 e. The number of pyridine rings is 2. The lowest BCUT2D eigenvalue weighted by Crippen LogP contribution is -2.50. The van der Waals surface area contributed by atoms with Gasteiger partial charge in [0.25, 0.3) is 0 Å². The van der Waals surface area contributed by atoms with E-state index in [1.807, 2.05) is 6.92 Å². The zero-order chi connectivity index (χ0) is 23.4. The van der Waals surface area contributed by atoms with Gasteiger partial charge in [-0.2, -0.15) is 0 Å². The first-order valence-electron chi connectivity index (χ1n) is 11.0. The van der Waals surface area contributed by atoms with Gasteiger partial charge in [-0.25, -0.2) is 14.2 Å². The van der Waals surface area contributed by atoms with E-state index in [0.29, 0.717) is 40.7 Å². The lowest BCUT2D eigenvalue weighted by Gasteiger charge is -2.38. The molecule has 0 bridgehead atoms. The Kier molecular flexibility index (Phi) is 5.08. The van der Waals surface area contributed by atoms with Gasteiger partial charge in [-0.1, -0.05) is 6.92 Å². The molecule has 0 radical (unpaired) electrons. The summed E-state index contributed by atoms with van der Waals surface area (Å²) in [6.45, 7) is 4.92. The number of nitrogens with zero attached hydrogens (tertiary/aromatic N) is 3. The number of aliphatic hydroxyl groups excluding tert-OH is 1. The van der Waals surface area contributed by atoms with Crippen molar-refractivity contribution in [2.75, 3.05) is 22.5 Å². The minimum absolute atomic E-state index is 0.0406. The topological polar surface area (TPSA) is 125 Å². The van der Waals surface area contributed by atoms with Gasteiger partial charge < -0.3 is 21.3 Å². The number of carbonyl (C=O) groups is 1. The second kappa shape index (κ2) is 7.84. The third-order valence-corrected chi connectivity index (χ3v) is 6.77. The van der Waals surface area contributed by atoms with E-state index in [-0.39, 0.29) is 17.5 Å². The predicted octanol–water partition coefficient (Wildman–Crippen LogP) is 3.94. The van der Waals surface area contributed by atoms with Crippen LogP contribution in [-0.2, 0) is 6.42 Å². The standard InChI is InChI=1S/C24H26FN5O3/c1-11-3-19-23(29-8-11)12(2)17(9-27-19)16-4-13-5-20(28-10-18(13)22(26)21(16)25)30(24(32)33)14-6-15(31)7-14/h4-5,9-11,14-15,29,31H,3,6-8,26H2,1-2H3,(H,32,33). The highest BCUT2D eigenvalue weighted by molar-refractivity contribution is 5.99. The molecule has 5 N–H and O–H groups in total. The van der Waals surface area contributed by atoms with Crippen molar-refractivity contribution in [2.45, 2.75) is 45.3 Å². The number of hydrogen-bond acceptors (Lipinski definition) is 6. The number of halogens is 1. The number of amides is 1. The molecule has 3 heterocycles. The van der Waals surface area contributed by atoms with Crippen molar-refractivity contribution in [3.63, 3.8) is 0 Å². The van der Waals surface area contributed by atoms with Crippen LogP contribution in [0.3, 0.4) is 0 Å². The van der Waals surface area contributed by atoms with Gasteiger partial charge in [0.15, 0.2) is 5.82 Å². The number of fused-ring (bicyclic) bond motifs is 2. The van der Waals surface area contributed by atoms with Crippen molar-refractivity contribution < 1.29 is 19.4 Å². The number of carboxylic acid groups (broad SMARTS) is 1. The minimum atomic E-state index is -1.15. The van der Waals surface area contributed by atoms with E-state index in [4.69, 9.17) is 5.73 Å². The SMILES string of the molecule is Cc1c(-c2cc3cc(N(C(=O)O)C4CC(O)C4)ncc3c(N)c2F)cnc2c1NCC(C)C2. The van der Waals surface area contributed by atoms with Crippen molar-refractivity contribution in [2.24, 2.45) is 5.92 Å². The molecule has 172 valence electrons. The van der Waals surface area contributed by atoms with Crippen LogP contribution in [0, 0.1) is 18.7 Å². The van der Waals surface area contributed by atoms with Gasteiger partial charge in [0, 0.05) is 41.5 Å². The quantitative estimate of drug-likeness (QED) is 0.445. The van der Waals surface area contributed by atoms with E-state index in [1.165, 1.54) is 6.20 Å². The Morgan fingerprint density at radius 2 is 2.00 bits per heavy atom. The number of nitrogens with two attached hydrogens (primary N) is 1. The highest BCUT2D eigenvalue weighted by Crippen LogP contribution is 2.39. The van der Waals surface area contributed by atoms with E-state index in [0.717, 1.165) is 34.8 Å². The number of aliphatic hydroxyl groups is 1. The number of nitrogens with one attached hydrogen (secondary N) is 1. The Morgan fingerprint density at radius 1 is 1.24 bits per heavy atom. The molecule has 33 heavy (non-hydrogen) atoms. The van der Waals surface area contributed by atoms with Crippen LogP contribution in [0.1, 0.15) is 31.0 Å². The average molecular weight is 452 g/mol. The maximum Gasteiger partial charge on any atom is 0.413 e. The third kappa shape index (κ3) is 3.52. The molecular formula is C24H26FN5O3. The summed E-state index contributed by atoms with van der Waals surface area (Å²) in [5.74, 6) is 0.145. The van der Waals surface area contributed by atoms with E-state index in [1.54, 1.807) is 18.3 Å². The van der Waals surface area contributed by atoms with Gasteiger partial charge in [0.05, 0.1) is 23.2 Å². The zero-order valence-electron chi connectivity index (χ0n) is 18.5. The molecule has 9 heteroatoms. The molecule has 3 aromatic rings. The number of aromatic nitrogens is 2. The van der Waals surface area contributed by atoms with Crippen LogP contribution in [0.2, 0.25) is 0 Å². The Balaban J connectivity index is 1.62. The average Bonchev–Trinajstić information content (AvgIpc) is 2.75. The normalized spacial score (nSPS) is 21.8. The van der Waals surface area contributed by atoms with Crippen LogP contribution in [0.25, 0.3) is 21.9 Å². The summed E-state index contributed by atoms with van der Waals surface area (Å²) in [6, 6.07) is 2.93. The van der Waals surface area contributed by atoms with Crippen molar-refractivity contribution in [1.29, 1.82) is 0 Å². The molecule has 2 aromatic heterocycles. The molecule has 1 atom stereocenters. The molecule has 1 saturated carbocycles. The minimum Gasteiger partial charge on any atom is -0.465 e. The van der Waals surface area contributed by atoms with E-state index < -0.39 is 18.0 Å². The summed E-state index contributed by atoms with van der Waals surface area (Å²) in [5, 5.41) is 23.7. The number of benzene rings is 1. The molecule has 1 aliphatic carbocycles.